The lowest BCUT2D eigenvalue weighted by atomic mass is 10.2. The number of rotatable bonds is 6. The largest absolute Gasteiger partial charge is 0.466 e. The summed E-state index contributed by atoms with van der Waals surface area (Å²) in [7, 11) is 0. The van der Waals surface area contributed by atoms with Crippen LogP contribution in [-0.4, -0.2) is 18.1 Å². The van der Waals surface area contributed by atoms with Gasteiger partial charge in [0.2, 0.25) is 0 Å². The fourth-order valence-electron chi connectivity index (χ4n) is 0.724. The van der Waals surface area contributed by atoms with E-state index >= 15 is 0 Å². The van der Waals surface area contributed by atoms with Crippen molar-refractivity contribution in [2.45, 2.75) is 46.0 Å². The molecule has 0 unspecified atom stereocenters. The van der Waals surface area contributed by atoms with Crippen LogP contribution in [0.25, 0.3) is 0 Å². The maximum absolute atomic E-state index is 10.9. The lowest BCUT2D eigenvalue weighted by Gasteiger charge is -2.01. The van der Waals surface area contributed by atoms with Gasteiger partial charge in [0.1, 0.15) is 0 Å². The van der Waals surface area contributed by atoms with E-state index in [9.17, 15) is 4.79 Å². The summed E-state index contributed by atoms with van der Waals surface area (Å²) in [5.41, 5.74) is 0. The van der Waals surface area contributed by atoms with Gasteiger partial charge >= 0.3 is 5.97 Å². The number of carbonyl (C=O) groups excluding carboxylic acids is 1. The quantitative estimate of drug-likeness (QED) is 0.457. The minimum absolute atomic E-state index is 0. The van der Waals surface area contributed by atoms with Crippen LogP contribution in [0.4, 0.5) is 0 Å². The van der Waals surface area contributed by atoms with Gasteiger partial charge in [-0.2, -0.15) is 0 Å². The molecule has 3 heteroatoms. The molecular formula is C9H20O3. The highest BCUT2D eigenvalue weighted by Gasteiger charge is 1.99. The molecule has 0 saturated carbocycles. The Morgan fingerprint density at radius 1 is 1.17 bits per heavy atom. The van der Waals surface area contributed by atoms with E-state index in [0.29, 0.717) is 13.0 Å². The summed E-state index contributed by atoms with van der Waals surface area (Å²) in [6.07, 6.45) is 4.66. The van der Waals surface area contributed by atoms with Crippen molar-refractivity contribution in [3.05, 3.63) is 0 Å². The second kappa shape index (κ2) is 10.4. The molecule has 74 valence electrons. The predicted octanol–water partition coefficient (Wildman–Crippen LogP) is 1.70. The van der Waals surface area contributed by atoms with E-state index in [2.05, 4.69) is 13.8 Å². The van der Waals surface area contributed by atoms with Gasteiger partial charge in [0.15, 0.2) is 0 Å². The first-order valence-corrected chi connectivity index (χ1v) is 4.46. The summed E-state index contributed by atoms with van der Waals surface area (Å²) in [5, 5.41) is 0. The molecule has 0 radical (unpaired) electrons. The highest BCUT2D eigenvalue weighted by atomic mass is 16.5. The van der Waals surface area contributed by atoms with Crippen molar-refractivity contribution in [2.24, 2.45) is 0 Å². The minimum Gasteiger partial charge on any atom is -0.466 e. The number of carbonyl (C=O) groups is 1. The van der Waals surface area contributed by atoms with Crippen molar-refractivity contribution >= 4 is 5.97 Å². The predicted molar refractivity (Wildman–Crippen MR) is 49.0 cm³/mol. The van der Waals surface area contributed by atoms with Crippen LogP contribution >= 0.6 is 0 Å². The highest BCUT2D eigenvalue weighted by molar-refractivity contribution is 5.69. The van der Waals surface area contributed by atoms with Gasteiger partial charge in [-0.25, -0.2) is 0 Å². The van der Waals surface area contributed by atoms with Crippen molar-refractivity contribution in [1.29, 1.82) is 0 Å². The Balaban J connectivity index is 0. The molecule has 0 aliphatic rings. The second-order valence-electron chi connectivity index (χ2n) is 2.68. The second-order valence-corrected chi connectivity index (χ2v) is 2.68. The summed E-state index contributed by atoms with van der Waals surface area (Å²) < 4.78 is 4.95. The molecule has 2 N–H and O–H groups in total. The Morgan fingerprint density at radius 3 is 2.25 bits per heavy atom. The molecule has 0 aromatic rings. The zero-order valence-corrected chi connectivity index (χ0v) is 8.06. The van der Waals surface area contributed by atoms with Crippen LogP contribution in [0, 0.1) is 0 Å². The van der Waals surface area contributed by atoms with E-state index in [1.54, 1.807) is 0 Å². The van der Waals surface area contributed by atoms with Crippen LogP contribution < -0.4 is 0 Å². The number of hydrogen-bond acceptors (Lipinski definition) is 2. The van der Waals surface area contributed by atoms with Gasteiger partial charge in [-0.1, -0.05) is 26.7 Å². The summed E-state index contributed by atoms with van der Waals surface area (Å²) >= 11 is 0. The van der Waals surface area contributed by atoms with Crippen LogP contribution in [0.5, 0.6) is 0 Å². The number of unbranched alkanes of at least 4 members (excludes halogenated alkanes) is 2. The molecular weight excluding hydrogens is 156 g/mol. The Kier molecular flexibility index (Phi) is 12.2. The first kappa shape index (κ1) is 14.0. The molecule has 0 spiro atoms. The highest BCUT2D eigenvalue weighted by Crippen LogP contribution is 1.97. The molecule has 0 atom stereocenters. The van der Waals surface area contributed by atoms with Crippen LogP contribution in [0.3, 0.4) is 0 Å². The van der Waals surface area contributed by atoms with E-state index in [-0.39, 0.29) is 11.4 Å². The molecule has 0 amide bonds. The SMILES string of the molecule is CCCCOC(=O)CCCC.O. The van der Waals surface area contributed by atoms with E-state index < -0.39 is 0 Å². The smallest absolute Gasteiger partial charge is 0.305 e. The molecule has 0 heterocycles. The average Bonchev–Trinajstić information content (AvgIpc) is 2.01. The van der Waals surface area contributed by atoms with Gasteiger partial charge in [0.25, 0.3) is 0 Å². The molecule has 12 heavy (non-hydrogen) atoms. The monoisotopic (exact) mass is 176 g/mol. The number of ether oxygens (including phenoxy) is 1. The fourth-order valence-corrected chi connectivity index (χ4v) is 0.724. The average molecular weight is 176 g/mol. The topological polar surface area (TPSA) is 57.8 Å². The third kappa shape index (κ3) is 9.43. The summed E-state index contributed by atoms with van der Waals surface area (Å²) in [5.74, 6) is -0.0414. The Morgan fingerprint density at radius 2 is 1.75 bits per heavy atom. The van der Waals surface area contributed by atoms with Gasteiger partial charge in [0, 0.05) is 6.42 Å². The number of hydrogen-bond donors (Lipinski definition) is 0. The molecule has 0 saturated heterocycles. The number of esters is 1. The maximum atomic E-state index is 10.9. The van der Waals surface area contributed by atoms with Gasteiger partial charge in [-0.15, -0.1) is 0 Å². The molecule has 3 nitrogen and oxygen atoms in total. The first-order valence-electron chi connectivity index (χ1n) is 4.46. The van der Waals surface area contributed by atoms with Crippen molar-refractivity contribution in [1.82, 2.24) is 0 Å². The summed E-state index contributed by atoms with van der Waals surface area (Å²) in [4.78, 5) is 10.9. The van der Waals surface area contributed by atoms with Crippen molar-refractivity contribution in [2.75, 3.05) is 6.61 Å². The Bertz CT molecular complexity index is 102. The Hall–Kier alpha value is -0.570. The third-order valence-corrected chi connectivity index (χ3v) is 1.50. The zero-order valence-electron chi connectivity index (χ0n) is 8.06. The van der Waals surface area contributed by atoms with Gasteiger partial charge < -0.3 is 10.2 Å². The normalized spacial score (nSPS) is 8.83. The molecule has 0 rings (SSSR count). The van der Waals surface area contributed by atoms with E-state index in [1.807, 2.05) is 0 Å². The van der Waals surface area contributed by atoms with Crippen molar-refractivity contribution < 1.29 is 15.0 Å². The lowest BCUT2D eigenvalue weighted by molar-refractivity contribution is -0.143. The molecule has 0 aromatic heterocycles. The van der Waals surface area contributed by atoms with Gasteiger partial charge in [0.05, 0.1) is 6.61 Å². The summed E-state index contributed by atoms with van der Waals surface area (Å²) in [6, 6.07) is 0. The van der Waals surface area contributed by atoms with E-state index in [0.717, 1.165) is 25.7 Å². The van der Waals surface area contributed by atoms with Crippen molar-refractivity contribution in [3.63, 3.8) is 0 Å². The molecule has 0 aromatic carbocycles. The molecule has 0 bridgehead atoms. The maximum Gasteiger partial charge on any atom is 0.305 e. The van der Waals surface area contributed by atoms with E-state index in [1.165, 1.54) is 0 Å². The van der Waals surface area contributed by atoms with Crippen LogP contribution in [0.1, 0.15) is 46.0 Å². The van der Waals surface area contributed by atoms with Gasteiger partial charge in [-0.3, -0.25) is 4.79 Å². The van der Waals surface area contributed by atoms with Crippen LogP contribution in [0.2, 0.25) is 0 Å². The zero-order chi connectivity index (χ0) is 8.53. The third-order valence-electron chi connectivity index (χ3n) is 1.50. The minimum atomic E-state index is -0.0414. The van der Waals surface area contributed by atoms with Gasteiger partial charge in [-0.05, 0) is 12.8 Å². The molecule has 0 aliphatic heterocycles. The van der Waals surface area contributed by atoms with E-state index in [4.69, 9.17) is 4.74 Å². The molecule has 0 aliphatic carbocycles. The molecule has 0 fully saturated rings. The fraction of sp³-hybridized carbons (Fsp3) is 0.889. The standard InChI is InChI=1S/C9H18O2.H2O/c1-3-5-7-9(10)11-8-6-4-2;/h3-8H2,1-2H3;1H2. The van der Waals surface area contributed by atoms with Crippen LogP contribution in [0.15, 0.2) is 0 Å². The Labute approximate surface area is 74.4 Å². The van der Waals surface area contributed by atoms with Crippen molar-refractivity contribution in [3.8, 4) is 0 Å². The first-order chi connectivity index (χ1) is 5.31. The lowest BCUT2D eigenvalue weighted by Crippen LogP contribution is -2.04. The summed E-state index contributed by atoms with van der Waals surface area (Å²) in [6.45, 7) is 4.75. The van der Waals surface area contributed by atoms with Crippen LogP contribution in [-0.2, 0) is 9.53 Å².